The van der Waals surface area contributed by atoms with Gasteiger partial charge in [0, 0.05) is 86.3 Å². The maximum atomic E-state index is 13.3. The summed E-state index contributed by atoms with van der Waals surface area (Å²) in [6, 6.07) is 24.1. The highest BCUT2D eigenvalue weighted by atomic mass is 32.2. The molecular weight excluding hydrogens is 1270 g/mol. The number of piperidine rings is 3. The Morgan fingerprint density at radius 2 is 0.904 bits per heavy atom. The molecule has 0 unspecified atom stereocenters. The number of carbonyl (C=O) groups is 4. The second-order valence-corrected chi connectivity index (χ2v) is 25.4. The fourth-order valence-corrected chi connectivity index (χ4v) is 12.7. The average molecular weight is 1340 g/mol. The van der Waals surface area contributed by atoms with Crippen LogP contribution in [0.1, 0.15) is 154 Å². The molecule has 0 saturated carbocycles. The van der Waals surface area contributed by atoms with Crippen molar-refractivity contribution in [1.82, 2.24) is 63.5 Å². The molecule has 508 valence electrons. The van der Waals surface area contributed by atoms with E-state index in [1.807, 2.05) is 31.5 Å². The molecule has 12 rings (SSSR count). The summed E-state index contributed by atoms with van der Waals surface area (Å²) >= 11 is 0. The zero-order chi connectivity index (χ0) is 68.5. The van der Waals surface area contributed by atoms with E-state index in [4.69, 9.17) is 4.52 Å². The van der Waals surface area contributed by atoms with Gasteiger partial charge in [0.1, 0.15) is 17.2 Å². The van der Waals surface area contributed by atoms with Crippen molar-refractivity contribution in [1.29, 1.82) is 0 Å². The first-order valence-corrected chi connectivity index (χ1v) is 32.7. The molecule has 5 aliphatic rings. The van der Waals surface area contributed by atoms with Crippen molar-refractivity contribution in [3.8, 4) is 0 Å². The molecule has 5 aliphatic heterocycles. The number of sulfonamides is 1. The maximum absolute atomic E-state index is 13.3. The molecule has 0 N–H and O–H groups in total. The van der Waals surface area contributed by atoms with E-state index < -0.39 is 51.1 Å². The minimum Gasteiger partial charge on any atom is -0.350 e. The van der Waals surface area contributed by atoms with Gasteiger partial charge in [-0.05, 0) is 110 Å². The number of alkyl halides is 9. The summed E-state index contributed by atoms with van der Waals surface area (Å²) in [5, 5.41) is 20.7. The Balaban J connectivity index is 0.000000171. The summed E-state index contributed by atoms with van der Waals surface area (Å²) in [6.45, 7) is 10.1. The monoisotopic (exact) mass is 1340 g/mol. The van der Waals surface area contributed by atoms with E-state index in [0.717, 1.165) is 36.8 Å². The maximum Gasteiger partial charge on any atom is 0.416 e. The number of benzene rings is 4. The average Bonchev–Trinajstić information content (AvgIpc) is 1.76. The SMILES string of the molecule is CC.CC(=O)N(C)C.CN1CCn2c(nnc2C(=O)N2CCC(c3ccccc3C(F)(F)F)CC2)C1.CS(=O)(=O)N1CCc2nnc(C(=O)N3CCC(c4ccccc4C(F)(F)F)CC3)n2C1.O=C(c1onc2ccccc12)N1CCC(c2ccccc2C(F)(F)F)CC1. The van der Waals surface area contributed by atoms with Gasteiger partial charge >= 0.3 is 18.5 Å². The van der Waals surface area contributed by atoms with Gasteiger partial charge in [-0.1, -0.05) is 85.7 Å². The molecule has 3 saturated heterocycles. The van der Waals surface area contributed by atoms with Crippen molar-refractivity contribution in [2.24, 2.45) is 0 Å². The largest absolute Gasteiger partial charge is 0.416 e. The van der Waals surface area contributed by atoms with Crippen LogP contribution in [0.15, 0.2) is 102 Å². The predicted molar refractivity (Wildman–Crippen MR) is 329 cm³/mol. The summed E-state index contributed by atoms with van der Waals surface area (Å²) in [6.07, 6.45) is -8.95. The fourth-order valence-electron chi connectivity index (χ4n) is 12.0. The molecule has 4 amide bonds. The van der Waals surface area contributed by atoms with Crippen molar-refractivity contribution in [3.05, 3.63) is 160 Å². The molecule has 3 fully saturated rings. The highest BCUT2D eigenvalue weighted by Gasteiger charge is 2.41. The highest BCUT2D eigenvalue weighted by Crippen LogP contribution is 2.42. The van der Waals surface area contributed by atoms with Crippen molar-refractivity contribution < 1.29 is 71.6 Å². The number of likely N-dealkylation sites (tertiary alicyclic amines) is 3. The Morgan fingerprint density at radius 3 is 1.32 bits per heavy atom. The molecule has 0 bridgehead atoms. The number of carbonyl (C=O) groups excluding carboxylic acids is 4. The molecule has 94 heavy (non-hydrogen) atoms. The number of rotatable bonds is 7. The first-order valence-electron chi connectivity index (χ1n) is 30.9. The third-order valence-corrected chi connectivity index (χ3v) is 18.4. The fraction of sp³-hybridized carbons (Fsp3) is 0.484. The topological polar surface area (TPSA) is 209 Å². The lowest BCUT2D eigenvalue weighted by Crippen LogP contribution is -2.42. The molecule has 0 aliphatic carbocycles. The van der Waals surface area contributed by atoms with E-state index in [-0.39, 0.29) is 78.9 Å². The molecule has 3 aromatic heterocycles. The van der Waals surface area contributed by atoms with Crippen LogP contribution in [0.4, 0.5) is 39.5 Å². The van der Waals surface area contributed by atoms with Gasteiger partial charge in [-0.2, -0.15) is 43.8 Å². The van der Waals surface area contributed by atoms with Crippen LogP contribution in [0, 0.1) is 0 Å². The lowest BCUT2D eigenvalue weighted by atomic mass is 9.86. The molecule has 20 nitrogen and oxygen atoms in total. The highest BCUT2D eigenvalue weighted by molar-refractivity contribution is 7.88. The Kier molecular flexibility index (Phi) is 23.2. The number of aromatic nitrogens is 7. The lowest BCUT2D eigenvalue weighted by molar-refractivity contribution is -0.139. The molecule has 4 aromatic carbocycles. The van der Waals surface area contributed by atoms with Gasteiger partial charge in [-0.15, -0.1) is 20.4 Å². The molecule has 8 heterocycles. The van der Waals surface area contributed by atoms with Crippen molar-refractivity contribution in [3.63, 3.8) is 0 Å². The molecule has 0 radical (unpaired) electrons. The van der Waals surface area contributed by atoms with Crippen molar-refractivity contribution in [2.45, 2.75) is 122 Å². The normalized spacial score (nSPS) is 17.0. The molecule has 0 spiro atoms. The second-order valence-electron chi connectivity index (χ2n) is 23.4. The second kappa shape index (κ2) is 30.4. The van der Waals surface area contributed by atoms with Crippen LogP contribution in [-0.2, 0) is 59.5 Å². The van der Waals surface area contributed by atoms with Crippen LogP contribution in [0.3, 0.4) is 0 Å². The summed E-state index contributed by atoms with van der Waals surface area (Å²) in [4.78, 5) is 57.2. The van der Waals surface area contributed by atoms with Crippen LogP contribution >= 0.6 is 0 Å². The van der Waals surface area contributed by atoms with Gasteiger partial charge in [-0.25, -0.2) is 8.42 Å². The van der Waals surface area contributed by atoms with E-state index in [2.05, 4.69) is 30.5 Å². The number of nitrogens with zero attached hydrogens (tertiary/aromatic N) is 13. The van der Waals surface area contributed by atoms with E-state index in [9.17, 15) is 67.1 Å². The lowest BCUT2D eigenvalue weighted by Gasteiger charge is -2.33. The van der Waals surface area contributed by atoms with E-state index >= 15 is 0 Å². The van der Waals surface area contributed by atoms with Crippen LogP contribution in [0.2, 0.25) is 0 Å². The number of fused-ring (bicyclic) bond motifs is 3. The zero-order valence-corrected chi connectivity index (χ0v) is 54.0. The summed E-state index contributed by atoms with van der Waals surface area (Å²) in [7, 11) is 2.01. The first-order chi connectivity index (χ1) is 44.5. The molecular formula is C64H76F9N13O7S. The summed E-state index contributed by atoms with van der Waals surface area (Å²) < 4.78 is 153. The number of amides is 4. The van der Waals surface area contributed by atoms with Gasteiger partial charge in [0.25, 0.3) is 17.7 Å². The van der Waals surface area contributed by atoms with Crippen LogP contribution in [0.5, 0.6) is 0 Å². The third-order valence-electron chi connectivity index (χ3n) is 17.2. The number of hydrogen-bond donors (Lipinski definition) is 0. The zero-order valence-electron chi connectivity index (χ0n) is 53.2. The van der Waals surface area contributed by atoms with Crippen molar-refractivity contribution in [2.75, 3.05) is 79.8 Å². The molecule has 0 atom stereocenters. The van der Waals surface area contributed by atoms with Gasteiger partial charge in [-0.3, -0.25) is 28.6 Å². The third kappa shape index (κ3) is 17.2. The Labute approximate surface area is 538 Å². The molecule has 30 heteroatoms. The van der Waals surface area contributed by atoms with Crippen LogP contribution in [0.25, 0.3) is 10.9 Å². The van der Waals surface area contributed by atoms with Gasteiger partial charge < -0.3 is 28.7 Å². The van der Waals surface area contributed by atoms with Gasteiger partial charge in [0.05, 0.1) is 41.5 Å². The van der Waals surface area contributed by atoms with Crippen LogP contribution < -0.4 is 0 Å². The first kappa shape index (κ1) is 71.6. The predicted octanol–water partition coefficient (Wildman–Crippen LogP) is 10.8. The standard InChI is InChI=1S/C20H17F3N2O2.C19H22F3N5O3S.C19H22F3N5O.C4H9NO.C2H6/c21-20(22,23)16-7-3-1-5-14(16)13-9-11-25(12-10-13)19(26)18-15-6-2-4-8-17(15)24-27-18;1-31(29,30)26-11-8-16-23-24-17(27(16)12-26)18(28)25-9-6-13(7-10-25)14-4-2-3-5-15(14)19(20,21)22;1-25-10-11-27-16(12-25)23-24-17(27)18(28)26-8-6-13(7-9-26)14-4-2-3-5-15(14)19(20,21)22;1-4(6)5(2)3;1-2/h1-8,13H,9-12H2;2-5,13H,6-12H2,1H3;2-5,13H,6-12H2,1H3;1-3H3;1-2H3. The molecule has 7 aromatic rings. The van der Waals surface area contributed by atoms with E-state index in [1.165, 1.54) is 51.0 Å². The minimum absolute atomic E-state index is 0.0301. The Bertz CT molecular complexity index is 3860. The van der Waals surface area contributed by atoms with Gasteiger partial charge in [0.15, 0.2) is 0 Å². The van der Waals surface area contributed by atoms with E-state index in [1.54, 1.807) is 71.3 Å². The van der Waals surface area contributed by atoms with Crippen molar-refractivity contribution >= 4 is 44.6 Å². The van der Waals surface area contributed by atoms with Gasteiger partial charge in [0.2, 0.25) is 33.3 Å². The smallest absolute Gasteiger partial charge is 0.350 e. The number of halogens is 9. The summed E-state index contributed by atoms with van der Waals surface area (Å²) in [5.74, 6) is 0.387. The number of hydrogen-bond acceptors (Lipinski definition) is 13. The minimum atomic E-state index is -4.42. The Hall–Kier alpha value is -8.25. The van der Waals surface area contributed by atoms with Crippen LogP contribution in [-0.4, -0.2) is 175 Å². The number of likely N-dealkylation sites (N-methyl/N-ethyl adjacent to an activating group) is 1. The quantitative estimate of drug-likeness (QED) is 0.136. The summed E-state index contributed by atoms with van der Waals surface area (Å²) in [5.41, 5.74) is -0.300. The van der Waals surface area contributed by atoms with E-state index in [0.29, 0.717) is 118 Å². The Morgan fingerprint density at radius 1 is 0.521 bits per heavy atom.